The molecule has 1 atom stereocenters. The average molecular weight is 431 g/mol. The zero-order valence-corrected chi connectivity index (χ0v) is 18.2. The van der Waals surface area contributed by atoms with E-state index in [1.807, 2.05) is 18.2 Å². The first-order valence-corrected chi connectivity index (χ1v) is 11.2. The van der Waals surface area contributed by atoms with Gasteiger partial charge >= 0.3 is 5.97 Å². The molecular weight excluding hydrogens is 408 g/mol. The molecule has 1 aliphatic rings. The fraction of sp³-hybridized carbons (Fsp3) is 0.381. The molecule has 2 heterocycles. The molecule has 8 heteroatoms. The summed E-state index contributed by atoms with van der Waals surface area (Å²) in [5.74, 6) is 0.297. The highest BCUT2D eigenvalue weighted by Gasteiger charge is 2.25. The molecule has 0 spiro atoms. The van der Waals surface area contributed by atoms with Gasteiger partial charge < -0.3 is 9.47 Å². The van der Waals surface area contributed by atoms with Crippen LogP contribution in [0.25, 0.3) is 15.9 Å². The molecule has 152 valence electrons. The number of hydrogen-bond acceptors (Lipinski definition) is 7. The number of rotatable bonds is 5. The number of thiophene rings is 1. The zero-order valence-electron chi connectivity index (χ0n) is 16.6. The molecule has 3 aromatic rings. The van der Waals surface area contributed by atoms with Crippen molar-refractivity contribution >= 4 is 39.3 Å². The molecule has 29 heavy (non-hydrogen) atoms. The van der Waals surface area contributed by atoms with E-state index in [9.17, 15) is 9.59 Å². The van der Waals surface area contributed by atoms with Gasteiger partial charge in [-0.1, -0.05) is 17.8 Å². The molecular formula is C21H22N2O4S2. The minimum Gasteiger partial charge on any atom is -0.497 e. The standard InChI is InChI=1S/C21H22N2O4S2/c1-12(20(25)27-3)28-21-22-18-17(15-9-4-5-10-16(15)29-18)19(24)23(21)13-7-6-8-14(11-13)26-2/h6-8,11-12H,4-5,9-10H2,1-3H3/t12-/m1/s1. The minimum absolute atomic E-state index is 0.0952. The number of fused-ring (bicyclic) bond motifs is 3. The molecule has 0 aliphatic heterocycles. The number of aromatic nitrogens is 2. The van der Waals surface area contributed by atoms with E-state index in [2.05, 4.69) is 0 Å². The summed E-state index contributed by atoms with van der Waals surface area (Å²) in [6, 6.07) is 7.33. The number of carbonyl (C=O) groups excluding carboxylic acids is 1. The molecule has 0 unspecified atom stereocenters. The van der Waals surface area contributed by atoms with Gasteiger partial charge in [-0.25, -0.2) is 4.98 Å². The lowest BCUT2D eigenvalue weighted by atomic mass is 9.97. The lowest BCUT2D eigenvalue weighted by Crippen LogP contribution is -2.24. The molecule has 1 aromatic carbocycles. The van der Waals surface area contributed by atoms with E-state index in [-0.39, 0.29) is 11.5 Å². The Kier molecular flexibility index (Phi) is 5.65. The molecule has 1 aliphatic carbocycles. The number of thioether (sulfide) groups is 1. The third kappa shape index (κ3) is 3.67. The largest absolute Gasteiger partial charge is 0.497 e. The van der Waals surface area contributed by atoms with Crippen molar-refractivity contribution in [3.63, 3.8) is 0 Å². The fourth-order valence-electron chi connectivity index (χ4n) is 3.61. The number of carbonyl (C=O) groups is 1. The Morgan fingerprint density at radius 2 is 2.07 bits per heavy atom. The number of nitrogens with zero attached hydrogens (tertiary/aromatic N) is 2. The second-order valence-electron chi connectivity index (χ2n) is 6.91. The van der Waals surface area contributed by atoms with E-state index in [0.29, 0.717) is 22.0 Å². The molecule has 0 saturated carbocycles. The number of benzene rings is 1. The zero-order chi connectivity index (χ0) is 20.5. The summed E-state index contributed by atoms with van der Waals surface area (Å²) >= 11 is 2.83. The first-order valence-electron chi connectivity index (χ1n) is 9.49. The van der Waals surface area contributed by atoms with Crippen LogP contribution in [0.2, 0.25) is 0 Å². The van der Waals surface area contributed by atoms with Gasteiger partial charge in [0.1, 0.15) is 15.8 Å². The normalized spacial score (nSPS) is 14.4. The van der Waals surface area contributed by atoms with E-state index >= 15 is 0 Å². The van der Waals surface area contributed by atoms with Crippen LogP contribution in [0.15, 0.2) is 34.2 Å². The maximum absolute atomic E-state index is 13.7. The molecule has 0 bridgehead atoms. The van der Waals surface area contributed by atoms with Crippen LogP contribution in [0.3, 0.4) is 0 Å². The van der Waals surface area contributed by atoms with E-state index in [4.69, 9.17) is 14.5 Å². The SMILES string of the molecule is COC(=O)[C@@H](C)Sc1nc2sc3c(c2c(=O)n1-c1cccc(OC)c1)CCCC3. The van der Waals surface area contributed by atoms with Gasteiger partial charge in [0.2, 0.25) is 0 Å². The van der Waals surface area contributed by atoms with Gasteiger partial charge in [-0.15, -0.1) is 11.3 Å². The van der Waals surface area contributed by atoms with Crippen LogP contribution in [-0.2, 0) is 22.4 Å². The number of aryl methyl sites for hydroxylation is 2. The van der Waals surface area contributed by atoms with E-state index in [1.54, 1.807) is 36.0 Å². The van der Waals surface area contributed by atoms with Gasteiger partial charge in [-0.3, -0.25) is 14.2 Å². The molecule has 6 nitrogen and oxygen atoms in total. The summed E-state index contributed by atoms with van der Waals surface area (Å²) in [6.45, 7) is 1.75. The lowest BCUT2D eigenvalue weighted by Gasteiger charge is -2.16. The van der Waals surface area contributed by atoms with Crippen molar-refractivity contribution in [1.82, 2.24) is 9.55 Å². The molecule has 0 amide bonds. The Bertz CT molecular complexity index is 1140. The number of esters is 1. The van der Waals surface area contributed by atoms with Crippen molar-refractivity contribution < 1.29 is 14.3 Å². The van der Waals surface area contributed by atoms with Gasteiger partial charge in [0.25, 0.3) is 5.56 Å². The summed E-state index contributed by atoms with van der Waals surface area (Å²) in [5.41, 5.74) is 1.71. The van der Waals surface area contributed by atoms with Crippen molar-refractivity contribution in [3.05, 3.63) is 45.1 Å². The molecule has 2 aromatic heterocycles. The third-order valence-corrected chi connectivity index (χ3v) is 7.30. The number of hydrogen-bond donors (Lipinski definition) is 0. The fourth-order valence-corrected chi connectivity index (χ4v) is 5.87. The lowest BCUT2D eigenvalue weighted by molar-refractivity contribution is -0.139. The van der Waals surface area contributed by atoms with E-state index in [0.717, 1.165) is 36.1 Å². The van der Waals surface area contributed by atoms with Crippen LogP contribution in [0.1, 0.15) is 30.2 Å². The summed E-state index contributed by atoms with van der Waals surface area (Å²) < 4.78 is 11.8. The van der Waals surface area contributed by atoms with Crippen LogP contribution in [0, 0.1) is 0 Å². The Hall–Kier alpha value is -2.32. The maximum atomic E-state index is 13.7. The van der Waals surface area contributed by atoms with Crippen molar-refractivity contribution in [2.24, 2.45) is 0 Å². The highest BCUT2D eigenvalue weighted by molar-refractivity contribution is 8.00. The van der Waals surface area contributed by atoms with Gasteiger partial charge in [0.05, 0.1) is 25.3 Å². The van der Waals surface area contributed by atoms with E-state index in [1.165, 1.54) is 23.7 Å². The summed E-state index contributed by atoms with van der Waals surface area (Å²) in [7, 11) is 2.95. The van der Waals surface area contributed by atoms with Crippen molar-refractivity contribution in [1.29, 1.82) is 0 Å². The predicted molar refractivity (Wildman–Crippen MR) is 116 cm³/mol. The Balaban J connectivity index is 1.96. The van der Waals surface area contributed by atoms with Crippen LogP contribution in [0.4, 0.5) is 0 Å². The van der Waals surface area contributed by atoms with Crippen molar-refractivity contribution in [2.75, 3.05) is 14.2 Å². The first-order chi connectivity index (χ1) is 14.0. The molecule has 0 saturated heterocycles. The first kappa shape index (κ1) is 20.0. The van der Waals surface area contributed by atoms with Gasteiger partial charge in [-0.05, 0) is 50.3 Å². The number of ether oxygens (including phenoxy) is 2. The topological polar surface area (TPSA) is 70.4 Å². The molecule has 0 radical (unpaired) electrons. The summed E-state index contributed by atoms with van der Waals surface area (Å²) in [5, 5.41) is 0.700. The van der Waals surface area contributed by atoms with Crippen LogP contribution in [-0.4, -0.2) is 35.0 Å². The minimum atomic E-state index is -0.490. The predicted octanol–water partition coefficient (Wildman–Crippen LogP) is 3.99. The second kappa shape index (κ2) is 8.20. The quantitative estimate of drug-likeness (QED) is 0.346. The molecule has 4 rings (SSSR count). The second-order valence-corrected chi connectivity index (χ2v) is 9.30. The van der Waals surface area contributed by atoms with Crippen molar-refractivity contribution in [3.8, 4) is 11.4 Å². The highest BCUT2D eigenvalue weighted by Crippen LogP contribution is 2.36. The molecule has 0 fully saturated rings. The summed E-state index contributed by atoms with van der Waals surface area (Å²) in [6.07, 6.45) is 4.14. The Labute approximate surface area is 176 Å². The van der Waals surface area contributed by atoms with Gasteiger partial charge in [0.15, 0.2) is 5.16 Å². The van der Waals surface area contributed by atoms with Crippen LogP contribution < -0.4 is 10.3 Å². The van der Waals surface area contributed by atoms with Crippen molar-refractivity contribution in [2.45, 2.75) is 43.0 Å². The molecule has 0 N–H and O–H groups in total. The van der Waals surface area contributed by atoms with Crippen LogP contribution in [0.5, 0.6) is 5.75 Å². The third-order valence-electron chi connectivity index (χ3n) is 5.08. The van der Waals surface area contributed by atoms with Gasteiger partial charge in [-0.2, -0.15) is 0 Å². The number of methoxy groups -OCH3 is 2. The average Bonchev–Trinajstić information content (AvgIpc) is 3.11. The Morgan fingerprint density at radius 3 is 2.83 bits per heavy atom. The van der Waals surface area contributed by atoms with E-state index < -0.39 is 5.25 Å². The highest BCUT2D eigenvalue weighted by atomic mass is 32.2. The maximum Gasteiger partial charge on any atom is 0.318 e. The van der Waals surface area contributed by atoms with Gasteiger partial charge in [0, 0.05) is 10.9 Å². The van der Waals surface area contributed by atoms with Crippen LogP contribution >= 0.6 is 23.1 Å². The summed E-state index contributed by atoms with van der Waals surface area (Å²) in [4.78, 5) is 32.5. The monoisotopic (exact) mass is 430 g/mol. The Morgan fingerprint density at radius 1 is 1.28 bits per heavy atom. The smallest absolute Gasteiger partial charge is 0.318 e.